The van der Waals surface area contributed by atoms with Crippen LogP contribution in [0.4, 0.5) is 4.79 Å². The number of carbonyl (C=O) groups excluding carboxylic acids is 1. The maximum Gasteiger partial charge on any atom is 0.410 e. The van der Waals surface area contributed by atoms with Crippen LogP contribution >= 0.6 is 0 Å². The molecule has 5 heteroatoms. The number of rotatable bonds is 3. The fourth-order valence-corrected chi connectivity index (χ4v) is 2.84. The molecule has 0 atom stereocenters. The van der Waals surface area contributed by atoms with E-state index in [2.05, 4.69) is 0 Å². The number of phenols is 1. The summed E-state index contributed by atoms with van der Waals surface area (Å²) >= 11 is 0. The molecule has 1 amide bonds. The SMILES string of the molecule is Cc1ccccc1-c1ccc(O)c(OC2CN(C(=O)OC(C)(C)C)C2)c1. The zero-order valence-corrected chi connectivity index (χ0v) is 15.7. The quantitative estimate of drug-likeness (QED) is 0.888. The number of hydrogen-bond donors (Lipinski definition) is 1. The summed E-state index contributed by atoms with van der Waals surface area (Å²) in [5, 5.41) is 10.1. The highest BCUT2D eigenvalue weighted by Crippen LogP contribution is 2.34. The van der Waals surface area contributed by atoms with Gasteiger partial charge in [0.1, 0.15) is 11.7 Å². The molecule has 0 spiro atoms. The van der Waals surface area contributed by atoms with E-state index < -0.39 is 5.60 Å². The van der Waals surface area contributed by atoms with Crippen molar-refractivity contribution in [1.82, 2.24) is 4.90 Å². The molecular weight excluding hydrogens is 330 g/mol. The average Bonchev–Trinajstić information content (AvgIpc) is 2.51. The topological polar surface area (TPSA) is 59.0 Å². The van der Waals surface area contributed by atoms with E-state index in [9.17, 15) is 9.90 Å². The van der Waals surface area contributed by atoms with Crippen molar-refractivity contribution in [3.63, 3.8) is 0 Å². The smallest absolute Gasteiger partial charge is 0.410 e. The van der Waals surface area contributed by atoms with Crippen LogP contribution in [0.3, 0.4) is 0 Å². The van der Waals surface area contributed by atoms with E-state index in [4.69, 9.17) is 9.47 Å². The monoisotopic (exact) mass is 355 g/mol. The Balaban J connectivity index is 1.66. The molecule has 1 aliphatic heterocycles. The van der Waals surface area contributed by atoms with Gasteiger partial charge in [0.05, 0.1) is 13.1 Å². The Labute approximate surface area is 154 Å². The second-order valence-electron chi connectivity index (χ2n) is 7.62. The van der Waals surface area contributed by atoms with E-state index in [-0.39, 0.29) is 17.9 Å². The van der Waals surface area contributed by atoms with Crippen LogP contribution in [-0.2, 0) is 4.74 Å². The van der Waals surface area contributed by atoms with Gasteiger partial charge in [-0.25, -0.2) is 4.79 Å². The highest BCUT2D eigenvalue weighted by molar-refractivity contribution is 5.70. The highest BCUT2D eigenvalue weighted by atomic mass is 16.6. The summed E-state index contributed by atoms with van der Waals surface area (Å²) < 4.78 is 11.2. The summed E-state index contributed by atoms with van der Waals surface area (Å²) in [6.07, 6.45) is -0.490. The number of hydrogen-bond acceptors (Lipinski definition) is 4. The molecule has 0 aliphatic carbocycles. The fourth-order valence-electron chi connectivity index (χ4n) is 2.84. The molecule has 26 heavy (non-hydrogen) atoms. The minimum Gasteiger partial charge on any atom is -0.504 e. The molecular formula is C21H25NO4. The van der Waals surface area contributed by atoms with E-state index in [1.165, 1.54) is 0 Å². The summed E-state index contributed by atoms with van der Waals surface area (Å²) in [7, 11) is 0. The number of aromatic hydroxyl groups is 1. The van der Waals surface area contributed by atoms with Crippen molar-refractivity contribution in [3.8, 4) is 22.6 Å². The molecule has 2 aromatic rings. The van der Waals surface area contributed by atoms with Crippen LogP contribution in [0.2, 0.25) is 0 Å². The van der Waals surface area contributed by atoms with Crippen LogP contribution in [0.1, 0.15) is 26.3 Å². The van der Waals surface area contributed by atoms with Gasteiger partial charge in [-0.3, -0.25) is 0 Å². The summed E-state index contributed by atoms with van der Waals surface area (Å²) in [6.45, 7) is 8.47. The van der Waals surface area contributed by atoms with Crippen LogP contribution in [0, 0.1) is 6.92 Å². The zero-order valence-electron chi connectivity index (χ0n) is 15.7. The molecule has 0 radical (unpaired) electrons. The Hall–Kier alpha value is -2.69. The molecule has 5 nitrogen and oxygen atoms in total. The van der Waals surface area contributed by atoms with Gasteiger partial charge in [-0.2, -0.15) is 0 Å². The van der Waals surface area contributed by atoms with E-state index in [1.807, 2.05) is 64.1 Å². The van der Waals surface area contributed by atoms with Gasteiger partial charge in [0.25, 0.3) is 0 Å². The molecule has 0 saturated carbocycles. The van der Waals surface area contributed by atoms with Gasteiger partial charge in [0, 0.05) is 0 Å². The summed E-state index contributed by atoms with van der Waals surface area (Å²) in [5.74, 6) is 0.526. The molecule has 0 unspecified atom stereocenters. The first-order valence-corrected chi connectivity index (χ1v) is 8.76. The van der Waals surface area contributed by atoms with Crippen molar-refractivity contribution in [2.75, 3.05) is 13.1 Å². The molecule has 3 rings (SSSR count). The standard InChI is InChI=1S/C21H25NO4/c1-14-7-5-6-8-17(14)15-9-10-18(23)19(11-15)25-16-12-22(13-16)20(24)26-21(2,3)4/h5-11,16,23H,12-13H2,1-4H3. The first-order chi connectivity index (χ1) is 12.2. The third-order valence-corrected chi connectivity index (χ3v) is 4.21. The lowest BCUT2D eigenvalue weighted by atomic mass is 10.0. The molecule has 1 N–H and O–H groups in total. The van der Waals surface area contributed by atoms with Crippen molar-refractivity contribution in [1.29, 1.82) is 0 Å². The number of phenolic OH excluding ortho intramolecular Hbond substituents is 1. The third-order valence-electron chi connectivity index (χ3n) is 4.21. The fraction of sp³-hybridized carbons (Fsp3) is 0.381. The molecule has 0 bridgehead atoms. The Morgan fingerprint density at radius 3 is 2.50 bits per heavy atom. The van der Waals surface area contributed by atoms with Gasteiger partial charge < -0.3 is 19.5 Å². The average molecular weight is 355 g/mol. The molecule has 1 fully saturated rings. The number of nitrogens with zero attached hydrogens (tertiary/aromatic N) is 1. The summed E-state index contributed by atoms with van der Waals surface area (Å²) in [4.78, 5) is 13.6. The maximum absolute atomic E-state index is 12.0. The molecule has 2 aromatic carbocycles. The Morgan fingerprint density at radius 2 is 1.85 bits per heavy atom. The number of benzene rings is 2. The number of carbonyl (C=O) groups is 1. The van der Waals surface area contributed by atoms with E-state index in [1.54, 1.807) is 11.0 Å². The van der Waals surface area contributed by atoms with Gasteiger partial charge in [-0.15, -0.1) is 0 Å². The Kier molecular flexibility index (Phi) is 4.81. The summed E-state index contributed by atoms with van der Waals surface area (Å²) in [6, 6.07) is 13.4. The van der Waals surface area contributed by atoms with Crippen molar-refractivity contribution < 1.29 is 19.4 Å². The Bertz CT molecular complexity index is 804. The normalized spacial score (nSPS) is 14.7. The largest absolute Gasteiger partial charge is 0.504 e. The zero-order chi connectivity index (χ0) is 18.9. The second-order valence-corrected chi connectivity index (χ2v) is 7.62. The minimum atomic E-state index is -0.511. The number of aryl methyl sites for hydroxylation is 1. The second kappa shape index (κ2) is 6.90. The highest BCUT2D eigenvalue weighted by Gasteiger charge is 2.35. The number of ether oxygens (including phenoxy) is 2. The van der Waals surface area contributed by atoms with Gasteiger partial charge in [-0.05, 0) is 56.5 Å². The maximum atomic E-state index is 12.0. The van der Waals surface area contributed by atoms with Gasteiger partial charge in [-0.1, -0.05) is 30.3 Å². The van der Waals surface area contributed by atoms with E-state index in [0.717, 1.165) is 16.7 Å². The molecule has 1 heterocycles. The number of amides is 1. The van der Waals surface area contributed by atoms with Crippen LogP contribution in [0.25, 0.3) is 11.1 Å². The molecule has 0 aromatic heterocycles. The van der Waals surface area contributed by atoms with Crippen LogP contribution < -0.4 is 4.74 Å². The predicted molar refractivity (Wildman–Crippen MR) is 101 cm³/mol. The molecule has 1 saturated heterocycles. The number of likely N-dealkylation sites (tertiary alicyclic amines) is 1. The van der Waals surface area contributed by atoms with Crippen LogP contribution in [0.15, 0.2) is 42.5 Å². The van der Waals surface area contributed by atoms with Crippen molar-refractivity contribution in [3.05, 3.63) is 48.0 Å². The minimum absolute atomic E-state index is 0.0954. The third kappa shape index (κ3) is 4.10. The van der Waals surface area contributed by atoms with Gasteiger partial charge >= 0.3 is 6.09 Å². The first kappa shape index (κ1) is 18.1. The van der Waals surface area contributed by atoms with Crippen molar-refractivity contribution in [2.45, 2.75) is 39.4 Å². The first-order valence-electron chi connectivity index (χ1n) is 8.76. The lowest BCUT2D eigenvalue weighted by Crippen LogP contribution is -2.57. The van der Waals surface area contributed by atoms with Gasteiger partial charge in [0.2, 0.25) is 0 Å². The lowest BCUT2D eigenvalue weighted by Gasteiger charge is -2.39. The lowest BCUT2D eigenvalue weighted by molar-refractivity contribution is -0.0225. The van der Waals surface area contributed by atoms with Gasteiger partial charge in [0.15, 0.2) is 11.5 Å². The molecule has 1 aliphatic rings. The molecule has 138 valence electrons. The van der Waals surface area contributed by atoms with Crippen LogP contribution in [0.5, 0.6) is 11.5 Å². The van der Waals surface area contributed by atoms with E-state index in [0.29, 0.717) is 18.8 Å². The van der Waals surface area contributed by atoms with Crippen LogP contribution in [-0.4, -0.2) is 40.9 Å². The van der Waals surface area contributed by atoms with E-state index >= 15 is 0 Å². The Morgan fingerprint density at radius 1 is 1.15 bits per heavy atom. The summed E-state index contributed by atoms with van der Waals surface area (Å²) in [5.41, 5.74) is 2.73. The predicted octanol–water partition coefficient (Wildman–Crippen LogP) is 4.37. The van der Waals surface area contributed by atoms with Crippen molar-refractivity contribution in [2.24, 2.45) is 0 Å². The van der Waals surface area contributed by atoms with Crippen molar-refractivity contribution >= 4 is 6.09 Å².